The van der Waals surface area contributed by atoms with E-state index in [1.807, 2.05) is 7.05 Å². The van der Waals surface area contributed by atoms with Crippen LogP contribution >= 0.6 is 0 Å². The van der Waals surface area contributed by atoms with E-state index < -0.39 is 0 Å². The Bertz CT molecular complexity index is 184. The third-order valence-corrected chi connectivity index (χ3v) is 2.56. The molecule has 0 bridgehead atoms. The molecule has 4 nitrogen and oxygen atoms in total. The summed E-state index contributed by atoms with van der Waals surface area (Å²) in [4.78, 5) is 18.7. The highest BCUT2D eigenvalue weighted by atomic mass is 16.7. The Morgan fingerprint density at radius 2 is 2.31 bits per heavy atom. The number of carbonyl (C=O) groups excluding carboxylic acids is 1. The van der Waals surface area contributed by atoms with Crippen molar-refractivity contribution in [1.29, 1.82) is 0 Å². The quantitative estimate of drug-likeness (QED) is 0.583. The molecule has 0 radical (unpaired) electrons. The smallest absolute Gasteiger partial charge is 0.250 e. The Hall–Kier alpha value is -0.610. The maximum atomic E-state index is 11.6. The van der Waals surface area contributed by atoms with Crippen molar-refractivity contribution in [2.24, 2.45) is 5.92 Å². The first-order chi connectivity index (χ1) is 6.15. The van der Waals surface area contributed by atoms with Crippen molar-refractivity contribution in [2.75, 3.05) is 34.3 Å². The minimum absolute atomic E-state index is 0.0917. The number of rotatable bonds is 2. The van der Waals surface area contributed by atoms with Crippen molar-refractivity contribution in [2.45, 2.75) is 12.8 Å². The molecule has 0 spiro atoms. The van der Waals surface area contributed by atoms with Gasteiger partial charge in [-0.2, -0.15) is 0 Å². The van der Waals surface area contributed by atoms with Gasteiger partial charge < -0.3 is 4.90 Å². The topological polar surface area (TPSA) is 32.8 Å². The van der Waals surface area contributed by atoms with Crippen LogP contribution < -0.4 is 0 Å². The summed E-state index contributed by atoms with van der Waals surface area (Å²) in [6, 6.07) is 0. The molecule has 0 aromatic heterocycles. The zero-order chi connectivity index (χ0) is 9.84. The van der Waals surface area contributed by atoms with Crippen LogP contribution in [-0.2, 0) is 9.63 Å². The van der Waals surface area contributed by atoms with Crippen molar-refractivity contribution in [3.63, 3.8) is 0 Å². The van der Waals surface area contributed by atoms with Gasteiger partial charge in [0.1, 0.15) is 0 Å². The average Bonchev–Trinajstić information content (AvgIpc) is 2.15. The molecule has 0 aromatic carbocycles. The lowest BCUT2D eigenvalue weighted by atomic mass is 9.98. The van der Waals surface area contributed by atoms with Gasteiger partial charge in [-0.15, -0.1) is 0 Å². The lowest BCUT2D eigenvalue weighted by molar-refractivity contribution is -0.174. The van der Waals surface area contributed by atoms with Gasteiger partial charge in [0.2, 0.25) is 5.91 Å². The van der Waals surface area contributed by atoms with Gasteiger partial charge in [-0.3, -0.25) is 9.63 Å². The van der Waals surface area contributed by atoms with Gasteiger partial charge in [-0.05, 0) is 26.4 Å². The first-order valence-corrected chi connectivity index (χ1v) is 4.65. The molecule has 0 saturated carbocycles. The zero-order valence-corrected chi connectivity index (χ0v) is 8.62. The van der Waals surface area contributed by atoms with Crippen LogP contribution in [0.15, 0.2) is 0 Å². The lowest BCUT2D eigenvalue weighted by Gasteiger charge is -2.30. The summed E-state index contributed by atoms with van der Waals surface area (Å²) < 4.78 is 0. The van der Waals surface area contributed by atoms with Crippen molar-refractivity contribution in [3.8, 4) is 0 Å². The molecule has 4 heteroatoms. The maximum Gasteiger partial charge on any atom is 0.250 e. The summed E-state index contributed by atoms with van der Waals surface area (Å²) in [5.74, 6) is 0.206. The Kier molecular flexibility index (Phi) is 3.69. The predicted molar refractivity (Wildman–Crippen MR) is 50.0 cm³/mol. The first-order valence-electron chi connectivity index (χ1n) is 4.65. The van der Waals surface area contributed by atoms with E-state index in [1.165, 1.54) is 12.2 Å². The third-order valence-electron chi connectivity index (χ3n) is 2.56. The molecule has 1 rings (SSSR count). The number of hydrogen-bond donors (Lipinski definition) is 0. The van der Waals surface area contributed by atoms with E-state index in [4.69, 9.17) is 4.84 Å². The maximum absolute atomic E-state index is 11.6. The Morgan fingerprint density at radius 3 is 2.85 bits per heavy atom. The van der Waals surface area contributed by atoms with Crippen molar-refractivity contribution in [1.82, 2.24) is 9.96 Å². The van der Waals surface area contributed by atoms with E-state index >= 15 is 0 Å². The fraction of sp³-hybridized carbons (Fsp3) is 0.889. The lowest BCUT2D eigenvalue weighted by Crippen LogP contribution is -2.41. The number of hydrogen-bond acceptors (Lipinski definition) is 3. The van der Waals surface area contributed by atoms with Gasteiger partial charge in [0, 0.05) is 13.6 Å². The number of likely N-dealkylation sites (tertiary alicyclic amines) is 1. The van der Waals surface area contributed by atoms with E-state index in [1.54, 1.807) is 7.05 Å². The molecule has 1 fully saturated rings. The van der Waals surface area contributed by atoms with Crippen LogP contribution in [0.2, 0.25) is 0 Å². The minimum Gasteiger partial charge on any atom is -0.306 e. The SMILES string of the molecule is CON(C)C(=O)[C@@H]1CCCN(C)C1. The molecule has 76 valence electrons. The molecule has 0 aliphatic carbocycles. The Morgan fingerprint density at radius 1 is 1.62 bits per heavy atom. The number of hydroxylamine groups is 2. The van der Waals surface area contributed by atoms with Crippen molar-refractivity contribution >= 4 is 5.91 Å². The van der Waals surface area contributed by atoms with E-state index in [0.717, 1.165) is 25.9 Å². The molecular weight excluding hydrogens is 168 g/mol. The van der Waals surface area contributed by atoms with E-state index in [-0.39, 0.29) is 11.8 Å². The van der Waals surface area contributed by atoms with Crippen LogP contribution in [0.5, 0.6) is 0 Å². The standard InChI is InChI=1S/C9H18N2O2/c1-10-6-4-5-8(7-10)9(12)11(2)13-3/h8H,4-7H2,1-3H3/t8-/m1/s1. The molecule has 0 aromatic rings. The highest BCUT2D eigenvalue weighted by Gasteiger charge is 2.26. The minimum atomic E-state index is 0.0917. The molecule has 1 amide bonds. The van der Waals surface area contributed by atoms with Crippen LogP contribution in [0.25, 0.3) is 0 Å². The molecule has 1 aliphatic heterocycles. The normalized spacial score (nSPS) is 24.4. The molecule has 0 unspecified atom stereocenters. The van der Waals surface area contributed by atoms with Gasteiger partial charge in [-0.1, -0.05) is 0 Å². The molecular formula is C9H18N2O2. The van der Waals surface area contributed by atoms with Crippen LogP contribution in [0.1, 0.15) is 12.8 Å². The average molecular weight is 186 g/mol. The second-order valence-corrected chi connectivity index (χ2v) is 3.62. The molecule has 0 N–H and O–H groups in total. The summed E-state index contributed by atoms with van der Waals surface area (Å²) in [6.07, 6.45) is 2.08. The monoisotopic (exact) mass is 186 g/mol. The van der Waals surface area contributed by atoms with Crippen molar-refractivity contribution in [3.05, 3.63) is 0 Å². The fourth-order valence-corrected chi connectivity index (χ4v) is 1.72. The summed E-state index contributed by atoms with van der Waals surface area (Å²) in [5.41, 5.74) is 0. The van der Waals surface area contributed by atoms with Crippen molar-refractivity contribution < 1.29 is 9.63 Å². The van der Waals surface area contributed by atoms with Crippen LogP contribution in [-0.4, -0.2) is 50.2 Å². The second-order valence-electron chi connectivity index (χ2n) is 3.62. The van der Waals surface area contributed by atoms with Gasteiger partial charge in [0.05, 0.1) is 13.0 Å². The molecule has 13 heavy (non-hydrogen) atoms. The highest BCUT2D eigenvalue weighted by Crippen LogP contribution is 2.16. The van der Waals surface area contributed by atoms with E-state index in [0.29, 0.717) is 0 Å². The summed E-state index contributed by atoms with van der Waals surface area (Å²) in [5, 5.41) is 1.32. The Balaban J connectivity index is 2.46. The second kappa shape index (κ2) is 4.58. The number of piperidine rings is 1. The predicted octanol–water partition coefficient (Wildman–Crippen LogP) is 0.348. The number of nitrogens with zero attached hydrogens (tertiary/aromatic N) is 2. The largest absolute Gasteiger partial charge is 0.306 e. The Labute approximate surface area is 79.4 Å². The first kappa shape index (κ1) is 10.5. The summed E-state index contributed by atoms with van der Waals surface area (Å²) in [7, 11) is 5.23. The fourth-order valence-electron chi connectivity index (χ4n) is 1.72. The number of carbonyl (C=O) groups is 1. The zero-order valence-electron chi connectivity index (χ0n) is 8.62. The van der Waals surface area contributed by atoms with Gasteiger partial charge in [-0.25, -0.2) is 5.06 Å². The molecule has 1 saturated heterocycles. The van der Waals surface area contributed by atoms with Gasteiger partial charge in [0.25, 0.3) is 0 Å². The molecule has 1 aliphatic rings. The van der Waals surface area contributed by atoms with E-state index in [2.05, 4.69) is 4.90 Å². The van der Waals surface area contributed by atoms with E-state index in [9.17, 15) is 4.79 Å². The molecule has 1 atom stereocenters. The third kappa shape index (κ3) is 2.67. The van der Waals surface area contributed by atoms with Gasteiger partial charge in [0.15, 0.2) is 0 Å². The van der Waals surface area contributed by atoms with Crippen LogP contribution in [0.4, 0.5) is 0 Å². The number of amides is 1. The highest BCUT2D eigenvalue weighted by molar-refractivity contribution is 5.77. The van der Waals surface area contributed by atoms with Crippen LogP contribution in [0, 0.1) is 5.92 Å². The van der Waals surface area contributed by atoms with Crippen LogP contribution in [0.3, 0.4) is 0 Å². The van der Waals surface area contributed by atoms with Gasteiger partial charge >= 0.3 is 0 Å². The summed E-state index contributed by atoms with van der Waals surface area (Å²) in [6.45, 7) is 1.95. The molecule has 1 heterocycles. The summed E-state index contributed by atoms with van der Waals surface area (Å²) >= 11 is 0.